The molecule has 13 heterocycles. The predicted molar refractivity (Wildman–Crippen MR) is 516 cm³/mol. The third-order valence-corrected chi connectivity index (χ3v) is 24.5. The van der Waals surface area contributed by atoms with Gasteiger partial charge in [0.1, 0.15) is 70.7 Å². The Labute approximate surface area is 795 Å². The number of furan rings is 5. The van der Waals surface area contributed by atoms with Gasteiger partial charge in [0.15, 0.2) is 74.5 Å². The Morgan fingerprint density at radius 3 is 1.22 bits per heavy atom. The van der Waals surface area contributed by atoms with Crippen molar-refractivity contribution in [2.45, 2.75) is 27.1 Å². The summed E-state index contributed by atoms with van der Waals surface area (Å²) < 4.78 is 129. The number of nitrogen functional groups attached to an aromatic ring is 1. The van der Waals surface area contributed by atoms with Crippen molar-refractivity contribution in [1.29, 1.82) is 0 Å². The summed E-state index contributed by atoms with van der Waals surface area (Å²) in [5, 5.41) is 7.96. The molecular weight excluding hydrogens is 1860 g/mol. The molecule has 0 atom stereocenters. The lowest BCUT2D eigenvalue weighted by Crippen LogP contribution is -2.14. The van der Waals surface area contributed by atoms with E-state index in [1.807, 2.05) is 158 Å². The standard InChI is InChI=1S/C32H24NO7P.C18H12NO7P.C18H13NO5.C18H11NO4.C9H5ClO2.C9H9NO3/c34-41(38-18-22-9-3-1-4-10-22,39-19-23-11-5-2-6-12-23)40-30-16-28(26-20-35-29-14-8-7-13-24(26)29)33-27-17-32-31(15-25(27)30)36-21-37-32;20-27(21,22)26-16-6-14(12-8-23-15-4-2-1-3-10(12)15)19-13-7-18-17(5-11(13)16)24-9-25-18;1-10(20)12-6-16-17(24-9-23-16)7-14(12)19-18(21)13-8-22-15-5-3-2-4-11(13)15;20-15-6-13(12-8-21-16-4-2-1-3-10(12)16)19-14-7-18-17(5-11(14)15)22-9-23-18;10-9(11)7-5-12-8-4-2-1-3-6(7)8;1-5(11)6-2-8-9(3-7(6)10)13-4-12-8/h1-17,20H,18-19,21H2;1-8H,9H2,(H2,20,21,22);2-8H,9H2,1H3,(H,19,21);1-8H,9H2,(H,19,20);1-5H;2-3H,4,10H2,1H3. The molecule has 140 heavy (non-hydrogen) atoms. The number of Topliss-reactive ketones (excluding diaryl/α,β-unsaturated/α-hetero) is 2. The quantitative estimate of drug-likeness (QED) is 0.0230. The normalized spacial score (nSPS) is 12.7. The summed E-state index contributed by atoms with van der Waals surface area (Å²) in [6.07, 6.45) is 7.63. The number of amides is 1. The number of phosphoric ester groups is 2. The summed E-state index contributed by atoms with van der Waals surface area (Å²) >= 11 is 5.32. The number of anilines is 2. The van der Waals surface area contributed by atoms with E-state index in [9.17, 15) is 42.9 Å². The number of hydrogen-bond donors (Lipinski definition) is 5. The van der Waals surface area contributed by atoms with Crippen LogP contribution >= 0.6 is 27.2 Å². The first-order valence-corrected chi connectivity index (χ1v) is 46.2. The number of pyridine rings is 3. The fourth-order valence-corrected chi connectivity index (χ4v) is 17.5. The molecule has 0 unspecified atom stereocenters. The highest BCUT2D eigenvalue weighted by Gasteiger charge is 2.34. The fourth-order valence-electron chi connectivity index (χ4n) is 15.8. The van der Waals surface area contributed by atoms with Gasteiger partial charge in [0, 0.05) is 125 Å². The van der Waals surface area contributed by atoms with Crippen molar-refractivity contribution in [1.82, 2.24) is 15.0 Å². The molecule has 5 aliphatic rings. The fraction of sp³-hybridized carbons (Fsp3) is 0.0865. The van der Waals surface area contributed by atoms with Gasteiger partial charge in [-0.25, -0.2) is 19.1 Å². The smallest absolute Gasteiger partial charge is 0.464 e. The number of H-pyrrole nitrogens is 1. The number of nitrogens with zero attached hydrogens (tertiary/aromatic N) is 2. The van der Waals surface area contributed by atoms with E-state index in [1.165, 1.54) is 32.4 Å². The van der Waals surface area contributed by atoms with Crippen LogP contribution in [-0.2, 0) is 31.4 Å². The molecule has 8 aromatic heterocycles. The molecule has 700 valence electrons. The van der Waals surface area contributed by atoms with Crippen LogP contribution in [0.5, 0.6) is 69.0 Å². The van der Waals surface area contributed by atoms with E-state index in [-0.39, 0.29) is 81.6 Å². The van der Waals surface area contributed by atoms with Crippen molar-refractivity contribution in [3.63, 3.8) is 0 Å². The number of aromatic nitrogens is 3. The van der Waals surface area contributed by atoms with Crippen LogP contribution in [0.4, 0.5) is 11.4 Å². The number of para-hydroxylation sites is 5. The Hall–Kier alpha value is -17.2. The lowest BCUT2D eigenvalue weighted by atomic mass is 10.1. The van der Waals surface area contributed by atoms with E-state index in [2.05, 4.69) is 15.3 Å². The van der Waals surface area contributed by atoms with E-state index >= 15 is 0 Å². The van der Waals surface area contributed by atoms with Crippen molar-refractivity contribution in [2.75, 3.05) is 45.0 Å². The number of hydrogen-bond acceptors (Lipinski definition) is 29. The van der Waals surface area contributed by atoms with Gasteiger partial charge < -0.3 is 94.5 Å². The lowest BCUT2D eigenvalue weighted by molar-refractivity contribution is 0.100. The largest absolute Gasteiger partial charge is 0.530 e. The van der Waals surface area contributed by atoms with Crippen LogP contribution in [0.15, 0.2) is 319 Å². The number of halogens is 1. The molecule has 33 nitrogen and oxygen atoms in total. The molecule has 1 amide bonds. The Bertz CT molecular complexity index is 8370. The molecule has 0 radical (unpaired) electrons. The number of rotatable bonds is 18. The zero-order valence-corrected chi connectivity index (χ0v) is 76.0. The summed E-state index contributed by atoms with van der Waals surface area (Å²) in [6, 6.07) is 77.7. The summed E-state index contributed by atoms with van der Waals surface area (Å²) in [7, 11) is -8.94. The van der Waals surface area contributed by atoms with E-state index in [4.69, 9.17) is 110 Å². The van der Waals surface area contributed by atoms with Crippen molar-refractivity contribution in [2.24, 2.45) is 0 Å². The Morgan fingerprint density at radius 2 is 0.757 bits per heavy atom. The van der Waals surface area contributed by atoms with Gasteiger partial charge in [0.05, 0.1) is 63.7 Å². The summed E-state index contributed by atoms with van der Waals surface area (Å²) in [4.78, 5) is 90.3. The van der Waals surface area contributed by atoms with Crippen LogP contribution in [0.2, 0.25) is 0 Å². The molecule has 25 rings (SSSR count). The molecule has 12 aromatic carbocycles. The minimum Gasteiger partial charge on any atom is -0.464 e. The second-order valence-corrected chi connectivity index (χ2v) is 34.6. The number of fused-ring (bicyclic) bond motifs is 13. The topological polar surface area (TPSA) is 434 Å². The first-order chi connectivity index (χ1) is 68.0. The highest BCUT2D eigenvalue weighted by molar-refractivity contribution is 7.49. The highest BCUT2D eigenvalue weighted by Crippen LogP contribution is 2.55. The van der Waals surface area contributed by atoms with Crippen LogP contribution in [0.1, 0.15) is 66.4 Å². The number of benzene rings is 12. The summed E-state index contributed by atoms with van der Waals surface area (Å²) in [5.74, 6) is 5.12. The number of nitrogens with two attached hydrogens (primary N) is 1. The molecule has 0 bridgehead atoms. The molecule has 5 aliphatic heterocycles. The monoisotopic (exact) mass is 1940 g/mol. The molecular formula is C104H74ClN5O28P2. The molecule has 20 aromatic rings. The van der Waals surface area contributed by atoms with Gasteiger partial charge in [-0.2, -0.15) is 0 Å². The molecule has 0 spiro atoms. The van der Waals surface area contributed by atoms with Crippen LogP contribution in [0.3, 0.4) is 0 Å². The first kappa shape index (κ1) is 90.6. The van der Waals surface area contributed by atoms with Gasteiger partial charge in [-0.3, -0.25) is 42.8 Å². The summed E-state index contributed by atoms with van der Waals surface area (Å²) in [5.41, 5.74) is 18.9. The van der Waals surface area contributed by atoms with Crippen LogP contribution in [0, 0.1) is 0 Å². The molecule has 0 fully saturated rings. The van der Waals surface area contributed by atoms with Gasteiger partial charge in [0.25, 0.3) is 11.1 Å². The Balaban J connectivity index is 0.000000108. The third kappa shape index (κ3) is 19.4. The number of ketones is 2. The number of ether oxygens (including phenoxy) is 10. The minimum atomic E-state index is -4.78. The van der Waals surface area contributed by atoms with Crippen molar-refractivity contribution in [3.8, 4) is 103 Å². The van der Waals surface area contributed by atoms with Gasteiger partial charge in [-0.05, 0) is 97.2 Å². The second-order valence-electron chi connectivity index (χ2n) is 31.5. The Kier molecular flexibility index (Phi) is 25.2. The second kappa shape index (κ2) is 38.9. The molecule has 6 N–H and O–H groups in total. The first-order valence-electron chi connectivity index (χ1n) is 42.9. The summed E-state index contributed by atoms with van der Waals surface area (Å²) in [6.45, 7) is 3.59. The van der Waals surface area contributed by atoms with Crippen molar-refractivity contribution >= 4 is 149 Å². The Morgan fingerprint density at radius 1 is 0.393 bits per heavy atom. The van der Waals surface area contributed by atoms with Gasteiger partial charge in [0.2, 0.25) is 34.0 Å². The predicted octanol–water partition coefficient (Wildman–Crippen LogP) is 23.4. The molecule has 0 saturated heterocycles. The van der Waals surface area contributed by atoms with E-state index in [0.717, 1.165) is 55.0 Å². The van der Waals surface area contributed by atoms with E-state index in [1.54, 1.807) is 116 Å². The van der Waals surface area contributed by atoms with Crippen LogP contribution < -0.4 is 72.9 Å². The van der Waals surface area contributed by atoms with Crippen molar-refractivity contribution < 1.29 is 126 Å². The molecule has 0 aliphatic carbocycles. The highest BCUT2D eigenvalue weighted by atomic mass is 35.5. The average molecular weight is 1940 g/mol. The van der Waals surface area contributed by atoms with Gasteiger partial charge >= 0.3 is 15.6 Å². The van der Waals surface area contributed by atoms with Crippen molar-refractivity contribution in [3.05, 3.63) is 336 Å². The minimum absolute atomic E-state index is 0.00749. The zero-order chi connectivity index (χ0) is 96.3. The number of carbonyl (C=O) groups is 4. The zero-order valence-electron chi connectivity index (χ0n) is 73.4. The lowest BCUT2D eigenvalue weighted by Gasteiger charge is -2.20. The molecule has 0 saturated carbocycles. The van der Waals surface area contributed by atoms with Gasteiger partial charge in [-0.1, -0.05) is 152 Å². The number of nitrogens with one attached hydrogen (secondary N) is 2. The third-order valence-electron chi connectivity index (χ3n) is 22.5. The SMILES string of the molecule is CC(=O)c1cc2c(cc1N)OCO2.CC(=O)c1cc2c(cc1NC(=O)c1coc3ccccc13)OCO2.O=C(Cl)c1coc2ccccc12.O=P(O)(O)Oc1cc(-c2coc3ccccc23)nc2cc3c(cc12)OCO3.O=P(OCc1ccccc1)(OCc1ccccc1)Oc1cc(-c2coc3ccccc23)nc2cc3c(cc12)OCO3.O=c1cc(-c2coc3ccccc23)[nH]c2cc3c(cc12)OCO3. The van der Waals surface area contributed by atoms with E-state index < -0.39 is 20.9 Å². The number of aromatic amines is 1. The van der Waals surface area contributed by atoms with Crippen LogP contribution in [-0.4, -0.2) is 81.4 Å². The van der Waals surface area contributed by atoms with E-state index in [0.29, 0.717) is 169 Å². The number of carbonyl (C=O) groups excluding carboxylic acids is 4. The number of phosphoric acid groups is 2. The average Bonchev–Trinajstić information content (AvgIpc) is 1.47. The van der Waals surface area contributed by atoms with Crippen LogP contribution in [0.25, 0.3) is 121 Å². The maximum atomic E-state index is 14.3. The van der Waals surface area contributed by atoms with Gasteiger partial charge in [-0.15, -0.1) is 0 Å². The maximum Gasteiger partial charge on any atom is 0.530 e. The molecule has 36 heteroatoms. The maximum absolute atomic E-state index is 14.3.